The molecular weight excluding hydrogens is 372 g/mol. The molecule has 0 heterocycles. The molecule has 0 unspecified atom stereocenters. The Bertz CT molecular complexity index is 829. The first-order chi connectivity index (χ1) is 13.9. The van der Waals surface area contributed by atoms with Crippen LogP contribution in [0, 0.1) is 5.92 Å². The lowest BCUT2D eigenvalue weighted by molar-refractivity contribution is -0.124. The molecule has 7 heteroatoms. The average Bonchev–Trinajstić information content (AvgIpc) is 2.74. The van der Waals surface area contributed by atoms with Crippen LogP contribution in [0.5, 0.6) is 17.2 Å². The van der Waals surface area contributed by atoms with Crippen LogP contribution >= 0.6 is 0 Å². The Morgan fingerprint density at radius 2 is 1.55 bits per heavy atom. The Hall–Kier alpha value is -3.22. The van der Waals surface area contributed by atoms with E-state index >= 15 is 0 Å². The minimum Gasteiger partial charge on any atom is -0.497 e. The van der Waals surface area contributed by atoms with Crippen LogP contribution in [-0.2, 0) is 11.3 Å². The Kier molecular flexibility index (Phi) is 7.88. The quantitative estimate of drug-likeness (QED) is 0.676. The molecule has 0 aliphatic carbocycles. The average molecular weight is 400 g/mol. The number of hydrogen-bond acceptors (Lipinski definition) is 5. The standard InChI is InChI=1S/C22H28N2O5/c1-14(2)20(22(26)23-13-15-8-6-7-9-19(15)29-5)24-21(25)16-10-17(27-3)12-18(11-16)28-4/h6-12,14,20H,13H2,1-5H3,(H,23,26)(H,24,25)/t20-/m1/s1. The molecule has 29 heavy (non-hydrogen) atoms. The van der Waals surface area contributed by atoms with E-state index in [1.165, 1.54) is 14.2 Å². The van der Waals surface area contributed by atoms with Crippen molar-refractivity contribution in [3.05, 3.63) is 53.6 Å². The lowest BCUT2D eigenvalue weighted by Gasteiger charge is -2.22. The summed E-state index contributed by atoms with van der Waals surface area (Å²) in [6.45, 7) is 4.05. The third-order valence-electron chi connectivity index (χ3n) is 4.49. The highest BCUT2D eigenvalue weighted by molar-refractivity contribution is 5.98. The second kappa shape index (κ2) is 10.4. The summed E-state index contributed by atoms with van der Waals surface area (Å²) in [5.41, 5.74) is 1.21. The number of hydrogen-bond donors (Lipinski definition) is 2. The number of rotatable bonds is 9. The molecular formula is C22H28N2O5. The van der Waals surface area contributed by atoms with E-state index in [0.717, 1.165) is 5.56 Å². The summed E-state index contributed by atoms with van der Waals surface area (Å²) in [4.78, 5) is 25.5. The number of amides is 2. The molecule has 7 nitrogen and oxygen atoms in total. The number of nitrogens with one attached hydrogen (secondary N) is 2. The Labute approximate surface area is 171 Å². The van der Waals surface area contributed by atoms with Gasteiger partial charge in [-0.1, -0.05) is 32.0 Å². The van der Waals surface area contributed by atoms with Gasteiger partial charge >= 0.3 is 0 Å². The molecule has 0 saturated carbocycles. The van der Waals surface area contributed by atoms with Gasteiger partial charge in [0.15, 0.2) is 0 Å². The third-order valence-corrected chi connectivity index (χ3v) is 4.49. The zero-order chi connectivity index (χ0) is 21.4. The molecule has 0 bridgehead atoms. The van der Waals surface area contributed by atoms with Gasteiger partial charge in [0, 0.05) is 23.7 Å². The largest absolute Gasteiger partial charge is 0.497 e. The first-order valence-corrected chi connectivity index (χ1v) is 9.33. The van der Waals surface area contributed by atoms with Crippen LogP contribution < -0.4 is 24.8 Å². The van der Waals surface area contributed by atoms with Gasteiger partial charge in [-0.25, -0.2) is 0 Å². The van der Waals surface area contributed by atoms with Gasteiger partial charge in [0.05, 0.1) is 21.3 Å². The second-order valence-electron chi connectivity index (χ2n) is 6.83. The topological polar surface area (TPSA) is 85.9 Å². The lowest BCUT2D eigenvalue weighted by Crippen LogP contribution is -2.49. The molecule has 0 aliphatic heterocycles. The Morgan fingerprint density at radius 1 is 0.931 bits per heavy atom. The van der Waals surface area contributed by atoms with Crippen molar-refractivity contribution in [2.75, 3.05) is 21.3 Å². The molecule has 0 radical (unpaired) electrons. The fourth-order valence-corrected chi connectivity index (χ4v) is 2.84. The zero-order valence-corrected chi connectivity index (χ0v) is 17.4. The normalized spacial score (nSPS) is 11.5. The fraction of sp³-hybridized carbons (Fsp3) is 0.364. The summed E-state index contributed by atoms with van der Waals surface area (Å²) >= 11 is 0. The first kappa shape index (κ1) is 22.1. The molecule has 0 spiro atoms. The van der Waals surface area contributed by atoms with E-state index in [0.29, 0.717) is 29.4 Å². The van der Waals surface area contributed by atoms with Crippen LogP contribution in [-0.4, -0.2) is 39.2 Å². The van der Waals surface area contributed by atoms with Crippen molar-refractivity contribution in [3.8, 4) is 17.2 Å². The van der Waals surface area contributed by atoms with Crippen molar-refractivity contribution in [2.24, 2.45) is 5.92 Å². The summed E-state index contributed by atoms with van der Waals surface area (Å²) in [7, 11) is 4.61. The van der Waals surface area contributed by atoms with Gasteiger partial charge in [-0.2, -0.15) is 0 Å². The van der Waals surface area contributed by atoms with Gasteiger partial charge in [0.1, 0.15) is 23.3 Å². The van der Waals surface area contributed by atoms with E-state index in [9.17, 15) is 9.59 Å². The monoisotopic (exact) mass is 400 g/mol. The predicted molar refractivity (Wildman–Crippen MR) is 110 cm³/mol. The van der Waals surface area contributed by atoms with Crippen molar-refractivity contribution in [2.45, 2.75) is 26.4 Å². The summed E-state index contributed by atoms with van der Waals surface area (Å²) in [6, 6.07) is 11.6. The van der Waals surface area contributed by atoms with Crippen LogP contribution in [0.25, 0.3) is 0 Å². The minimum atomic E-state index is -0.700. The predicted octanol–water partition coefficient (Wildman–Crippen LogP) is 2.78. The molecule has 2 N–H and O–H groups in total. The van der Waals surface area contributed by atoms with E-state index in [-0.39, 0.29) is 17.7 Å². The van der Waals surface area contributed by atoms with E-state index in [1.54, 1.807) is 25.3 Å². The van der Waals surface area contributed by atoms with Crippen LogP contribution in [0.2, 0.25) is 0 Å². The molecule has 2 rings (SSSR count). The van der Waals surface area contributed by atoms with Crippen LogP contribution in [0.3, 0.4) is 0 Å². The highest BCUT2D eigenvalue weighted by atomic mass is 16.5. The third kappa shape index (κ3) is 5.88. The van der Waals surface area contributed by atoms with E-state index in [4.69, 9.17) is 14.2 Å². The van der Waals surface area contributed by atoms with Crippen molar-refractivity contribution in [1.82, 2.24) is 10.6 Å². The number of carbonyl (C=O) groups is 2. The molecule has 1 atom stereocenters. The Balaban J connectivity index is 2.11. The van der Waals surface area contributed by atoms with Crippen molar-refractivity contribution in [3.63, 3.8) is 0 Å². The van der Waals surface area contributed by atoms with Crippen molar-refractivity contribution in [1.29, 1.82) is 0 Å². The molecule has 0 fully saturated rings. The zero-order valence-electron chi connectivity index (χ0n) is 17.4. The van der Waals surface area contributed by atoms with Gasteiger partial charge in [-0.15, -0.1) is 0 Å². The summed E-state index contributed by atoms with van der Waals surface area (Å²) in [5.74, 6) is 0.931. The number of para-hydroxylation sites is 1. The summed E-state index contributed by atoms with van der Waals surface area (Å²) < 4.78 is 15.7. The number of ether oxygens (including phenoxy) is 3. The number of methoxy groups -OCH3 is 3. The smallest absolute Gasteiger partial charge is 0.252 e. The molecule has 2 aromatic carbocycles. The maximum absolute atomic E-state index is 12.8. The van der Waals surface area contributed by atoms with E-state index in [1.807, 2.05) is 38.1 Å². The molecule has 0 aromatic heterocycles. The highest BCUT2D eigenvalue weighted by Gasteiger charge is 2.25. The highest BCUT2D eigenvalue weighted by Crippen LogP contribution is 2.23. The molecule has 0 saturated heterocycles. The minimum absolute atomic E-state index is 0.107. The van der Waals surface area contributed by atoms with Gasteiger partial charge < -0.3 is 24.8 Å². The lowest BCUT2D eigenvalue weighted by atomic mass is 10.0. The van der Waals surface area contributed by atoms with Crippen LogP contribution in [0.15, 0.2) is 42.5 Å². The van der Waals surface area contributed by atoms with Crippen LogP contribution in [0.1, 0.15) is 29.8 Å². The van der Waals surface area contributed by atoms with E-state index < -0.39 is 6.04 Å². The Morgan fingerprint density at radius 3 is 2.10 bits per heavy atom. The molecule has 0 aliphatic rings. The van der Waals surface area contributed by atoms with Gasteiger partial charge in [-0.05, 0) is 24.1 Å². The maximum atomic E-state index is 12.8. The fourth-order valence-electron chi connectivity index (χ4n) is 2.84. The summed E-state index contributed by atoms with van der Waals surface area (Å²) in [5, 5.41) is 5.68. The molecule has 2 aromatic rings. The maximum Gasteiger partial charge on any atom is 0.252 e. The molecule has 156 valence electrons. The first-order valence-electron chi connectivity index (χ1n) is 9.33. The molecule has 2 amide bonds. The summed E-state index contributed by atoms with van der Waals surface area (Å²) in [6.07, 6.45) is 0. The second-order valence-corrected chi connectivity index (χ2v) is 6.83. The van der Waals surface area contributed by atoms with Gasteiger partial charge in [-0.3, -0.25) is 9.59 Å². The van der Waals surface area contributed by atoms with Crippen LogP contribution in [0.4, 0.5) is 0 Å². The van der Waals surface area contributed by atoms with Crippen molar-refractivity contribution >= 4 is 11.8 Å². The van der Waals surface area contributed by atoms with Crippen molar-refractivity contribution < 1.29 is 23.8 Å². The van der Waals surface area contributed by atoms with E-state index in [2.05, 4.69) is 10.6 Å². The number of benzene rings is 2. The van der Waals surface area contributed by atoms with Gasteiger partial charge in [0.25, 0.3) is 5.91 Å². The van der Waals surface area contributed by atoms with Gasteiger partial charge in [0.2, 0.25) is 5.91 Å². The SMILES string of the molecule is COc1cc(OC)cc(C(=O)N[C@@H](C(=O)NCc2ccccc2OC)C(C)C)c1. The number of carbonyl (C=O) groups excluding carboxylic acids is 2.